The second-order valence-electron chi connectivity index (χ2n) is 5.30. The van der Waals surface area contributed by atoms with Crippen LogP contribution in [0.4, 0.5) is 4.79 Å². The van der Waals surface area contributed by atoms with Gasteiger partial charge in [-0.3, -0.25) is 0 Å². The Morgan fingerprint density at radius 1 is 1.33 bits per heavy atom. The minimum Gasteiger partial charge on any atom is -0.496 e. The number of hydrogen-bond acceptors (Lipinski definition) is 4. The molecule has 0 aliphatic rings. The molecule has 1 rings (SSSR count). The number of carboxylic acids is 1. The molecule has 0 aromatic heterocycles. The smallest absolute Gasteiger partial charge is 0.408 e. The van der Waals surface area contributed by atoms with E-state index in [2.05, 4.69) is 21.2 Å². The third-order valence-electron chi connectivity index (χ3n) is 2.41. The van der Waals surface area contributed by atoms with Gasteiger partial charge in [0.15, 0.2) is 6.04 Å². The third kappa shape index (κ3) is 5.26. The molecule has 0 saturated carbocycles. The summed E-state index contributed by atoms with van der Waals surface area (Å²) in [6, 6.07) is 3.64. The number of ether oxygens (including phenoxy) is 2. The van der Waals surface area contributed by atoms with E-state index in [-0.39, 0.29) is 0 Å². The van der Waals surface area contributed by atoms with Crippen LogP contribution in [0.1, 0.15) is 32.4 Å². The highest BCUT2D eigenvalue weighted by Crippen LogP contribution is 2.29. The van der Waals surface area contributed by atoms with Crippen molar-refractivity contribution >= 4 is 28.0 Å². The summed E-state index contributed by atoms with van der Waals surface area (Å²) in [5, 5.41) is 11.7. The molecule has 6 nitrogen and oxygen atoms in total. The van der Waals surface area contributed by atoms with Crippen molar-refractivity contribution in [2.75, 3.05) is 7.11 Å². The lowest BCUT2D eigenvalue weighted by Gasteiger charge is -2.23. The number of nitrogens with one attached hydrogen (secondary N) is 1. The van der Waals surface area contributed by atoms with Gasteiger partial charge in [-0.1, -0.05) is 15.9 Å². The number of halogens is 1. The van der Waals surface area contributed by atoms with Crippen LogP contribution in [0.25, 0.3) is 0 Å². The molecule has 2 N–H and O–H groups in total. The van der Waals surface area contributed by atoms with Gasteiger partial charge in [0.2, 0.25) is 0 Å². The molecule has 0 aliphatic carbocycles. The summed E-state index contributed by atoms with van der Waals surface area (Å²) in [4.78, 5) is 23.2. The molecule has 0 radical (unpaired) electrons. The fourth-order valence-corrected chi connectivity index (χ4v) is 2.01. The number of benzene rings is 1. The number of aliphatic carboxylic acids is 1. The molecular weight excluding hydrogens is 342 g/mol. The van der Waals surface area contributed by atoms with Crippen LogP contribution in [0, 0.1) is 0 Å². The van der Waals surface area contributed by atoms with E-state index < -0.39 is 23.7 Å². The minimum atomic E-state index is -1.27. The second-order valence-corrected chi connectivity index (χ2v) is 6.22. The average Bonchev–Trinajstić information content (AvgIpc) is 2.33. The summed E-state index contributed by atoms with van der Waals surface area (Å²) < 4.78 is 10.9. The van der Waals surface area contributed by atoms with Crippen molar-refractivity contribution in [3.8, 4) is 5.75 Å². The van der Waals surface area contributed by atoms with E-state index in [9.17, 15) is 14.7 Å². The van der Waals surface area contributed by atoms with Gasteiger partial charge in [0, 0.05) is 10.0 Å². The van der Waals surface area contributed by atoms with Gasteiger partial charge in [-0.25, -0.2) is 9.59 Å². The van der Waals surface area contributed by atoms with Gasteiger partial charge in [-0.2, -0.15) is 0 Å². The Kier molecular flexibility index (Phi) is 5.60. The second kappa shape index (κ2) is 6.80. The third-order valence-corrected chi connectivity index (χ3v) is 2.90. The first-order chi connectivity index (χ1) is 9.64. The van der Waals surface area contributed by atoms with E-state index in [0.717, 1.165) is 0 Å². The van der Waals surface area contributed by atoms with Gasteiger partial charge in [0.25, 0.3) is 0 Å². The largest absolute Gasteiger partial charge is 0.496 e. The van der Waals surface area contributed by atoms with Gasteiger partial charge >= 0.3 is 12.1 Å². The van der Waals surface area contributed by atoms with Gasteiger partial charge in [0.05, 0.1) is 7.11 Å². The normalized spacial score (nSPS) is 12.4. The molecule has 21 heavy (non-hydrogen) atoms. The van der Waals surface area contributed by atoms with Crippen molar-refractivity contribution in [2.45, 2.75) is 32.4 Å². The highest BCUT2D eigenvalue weighted by atomic mass is 79.9. The maximum absolute atomic E-state index is 11.8. The first-order valence-corrected chi connectivity index (χ1v) is 6.99. The molecule has 1 amide bonds. The Balaban J connectivity index is 3.05. The molecule has 1 aromatic rings. The molecule has 116 valence electrons. The van der Waals surface area contributed by atoms with Crippen molar-refractivity contribution in [3.63, 3.8) is 0 Å². The number of alkyl carbamates (subject to hydrolysis) is 1. The van der Waals surface area contributed by atoms with Gasteiger partial charge in [-0.15, -0.1) is 0 Å². The molecule has 1 unspecified atom stereocenters. The van der Waals surface area contributed by atoms with Gasteiger partial charge in [0.1, 0.15) is 11.4 Å². The van der Waals surface area contributed by atoms with E-state index >= 15 is 0 Å². The zero-order chi connectivity index (χ0) is 16.2. The quantitative estimate of drug-likeness (QED) is 0.862. The zero-order valence-electron chi connectivity index (χ0n) is 12.3. The molecule has 0 fully saturated rings. The Bertz CT molecular complexity index is 539. The van der Waals surface area contributed by atoms with Crippen molar-refractivity contribution < 1.29 is 24.2 Å². The van der Waals surface area contributed by atoms with Crippen molar-refractivity contribution in [3.05, 3.63) is 28.2 Å². The Morgan fingerprint density at radius 3 is 2.43 bits per heavy atom. The topological polar surface area (TPSA) is 84.9 Å². The van der Waals surface area contributed by atoms with Crippen LogP contribution in [0.15, 0.2) is 22.7 Å². The van der Waals surface area contributed by atoms with Crippen LogP contribution in [0.5, 0.6) is 5.75 Å². The maximum Gasteiger partial charge on any atom is 0.408 e. The number of hydrogen-bond donors (Lipinski definition) is 2. The highest BCUT2D eigenvalue weighted by Gasteiger charge is 2.28. The molecule has 0 heterocycles. The Labute approximate surface area is 131 Å². The first-order valence-electron chi connectivity index (χ1n) is 6.20. The Morgan fingerprint density at radius 2 is 1.95 bits per heavy atom. The van der Waals surface area contributed by atoms with E-state index in [4.69, 9.17) is 9.47 Å². The molecule has 7 heteroatoms. The summed E-state index contributed by atoms with van der Waals surface area (Å²) >= 11 is 3.27. The van der Waals surface area contributed by atoms with Gasteiger partial charge < -0.3 is 19.9 Å². The fourth-order valence-electron chi connectivity index (χ4n) is 1.63. The summed E-state index contributed by atoms with van der Waals surface area (Å²) in [6.07, 6.45) is -0.808. The van der Waals surface area contributed by atoms with Crippen LogP contribution < -0.4 is 10.1 Å². The van der Waals surface area contributed by atoms with Crippen molar-refractivity contribution in [1.82, 2.24) is 5.32 Å². The fraction of sp³-hybridized carbons (Fsp3) is 0.429. The molecule has 0 aliphatic heterocycles. The zero-order valence-corrected chi connectivity index (χ0v) is 13.9. The standard InChI is InChI=1S/C14H18BrNO5/c1-14(2,3)21-13(19)16-11(12(17)18)9-7-8(15)5-6-10(9)20-4/h5-7,11H,1-4H3,(H,16,19)(H,17,18). The first kappa shape index (κ1) is 17.3. The molecule has 1 atom stereocenters. The monoisotopic (exact) mass is 359 g/mol. The molecular formula is C14H18BrNO5. The van der Waals surface area contributed by atoms with E-state index in [1.165, 1.54) is 7.11 Å². The minimum absolute atomic E-state index is 0.324. The SMILES string of the molecule is COc1ccc(Br)cc1C(NC(=O)OC(C)(C)C)C(=O)O. The van der Waals surface area contributed by atoms with Crippen LogP contribution in [0.3, 0.4) is 0 Å². The summed E-state index contributed by atoms with van der Waals surface area (Å²) in [7, 11) is 1.43. The summed E-state index contributed by atoms with van der Waals surface area (Å²) in [5.74, 6) is -0.848. The van der Waals surface area contributed by atoms with Crippen LogP contribution in [-0.4, -0.2) is 29.9 Å². The average molecular weight is 360 g/mol. The molecule has 1 aromatic carbocycles. The number of amides is 1. The van der Waals surface area contributed by atoms with Crippen LogP contribution >= 0.6 is 15.9 Å². The number of carbonyl (C=O) groups excluding carboxylic acids is 1. The maximum atomic E-state index is 11.8. The summed E-state index contributed by atoms with van der Waals surface area (Å²) in [6.45, 7) is 5.09. The van der Waals surface area contributed by atoms with Crippen molar-refractivity contribution in [1.29, 1.82) is 0 Å². The molecule has 0 bridgehead atoms. The number of carboxylic acid groups (broad SMARTS) is 1. The molecule has 0 spiro atoms. The van der Waals surface area contributed by atoms with Crippen LogP contribution in [-0.2, 0) is 9.53 Å². The number of rotatable bonds is 4. The highest BCUT2D eigenvalue weighted by molar-refractivity contribution is 9.10. The van der Waals surface area contributed by atoms with E-state index in [1.807, 2.05) is 0 Å². The predicted molar refractivity (Wildman–Crippen MR) is 80.4 cm³/mol. The van der Waals surface area contributed by atoms with Crippen LogP contribution in [0.2, 0.25) is 0 Å². The van der Waals surface area contributed by atoms with Gasteiger partial charge in [-0.05, 0) is 39.0 Å². The Hall–Kier alpha value is -1.76. The van der Waals surface area contributed by atoms with E-state index in [1.54, 1.807) is 39.0 Å². The molecule has 0 saturated heterocycles. The van der Waals surface area contributed by atoms with E-state index in [0.29, 0.717) is 15.8 Å². The number of carbonyl (C=O) groups is 2. The lowest BCUT2D eigenvalue weighted by Crippen LogP contribution is -2.38. The van der Waals surface area contributed by atoms with Crippen molar-refractivity contribution in [2.24, 2.45) is 0 Å². The number of methoxy groups -OCH3 is 1. The lowest BCUT2D eigenvalue weighted by molar-refractivity contribution is -0.139. The summed E-state index contributed by atoms with van der Waals surface area (Å²) in [5.41, 5.74) is -0.390. The predicted octanol–water partition coefficient (Wildman–Crippen LogP) is 3.11. The lowest BCUT2D eigenvalue weighted by atomic mass is 10.1.